The van der Waals surface area contributed by atoms with Crippen molar-refractivity contribution in [2.24, 2.45) is 5.92 Å². The first-order valence-electron chi connectivity index (χ1n) is 7.70. The Balaban J connectivity index is 2.24. The number of piperidine rings is 1. The Bertz CT molecular complexity index is 691. The predicted molar refractivity (Wildman–Crippen MR) is 93.4 cm³/mol. The summed E-state index contributed by atoms with van der Waals surface area (Å²) in [4.78, 5) is 14.3. The van der Waals surface area contributed by atoms with Crippen molar-refractivity contribution in [3.05, 3.63) is 28.8 Å². The number of amides is 1. The first-order valence-corrected chi connectivity index (χ1v) is 9.92. The van der Waals surface area contributed by atoms with Crippen LogP contribution in [0.15, 0.2) is 18.2 Å². The summed E-state index contributed by atoms with van der Waals surface area (Å²) in [5, 5.41) is 0.538. The van der Waals surface area contributed by atoms with Crippen molar-refractivity contribution in [2.75, 3.05) is 30.2 Å². The number of carbonyl (C=O) groups excluding carboxylic acids is 1. The van der Waals surface area contributed by atoms with Gasteiger partial charge in [0.15, 0.2) is 0 Å². The molecule has 0 N–H and O–H groups in total. The maximum Gasteiger partial charge on any atom is 0.243 e. The second kappa shape index (κ2) is 7.09. The Morgan fingerprint density at radius 1 is 1.43 bits per heavy atom. The number of rotatable bonds is 4. The summed E-state index contributed by atoms with van der Waals surface area (Å²) in [7, 11) is -3.56. The molecule has 1 fully saturated rings. The van der Waals surface area contributed by atoms with Gasteiger partial charge in [-0.15, -0.1) is 0 Å². The van der Waals surface area contributed by atoms with Crippen LogP contribution in [0.25, 0.3) is 0 Å². The molecule has 0 unspecified atom stereocenters. The summed E-state index contributed by atoms with van der Waals surface area (Å²) < 4.78 is 25.5. The van der Waals surface area contributed by atoms with E-state index in [9.17, 15) is 13.2 Å². The Kier molecular flexibility index (Phi) is 5.57. The maximum atomic E-state index is 12.5. The molecule has 0 bridgehead atoms. The summed E-state index contributed by atoms with van der Waals surface area (Å²) >= 11 is 5.94. The molecular formula is C16H23ClN2O3S. The van der Waals surface area contributed by atoms with Crippen LogP contribution >= 0.6 is 11.6 Å². The Morgan fingerprint density at radius 3 is 2.70 bits per heavy atom. The molecule has 5 nitrogen and oxygen atoms in total. The molecule has 0 saturated carbocycles. The molecule has 1 aliphatic heterocycles. The zero-order valence-electron chi connectivity index (χ0n) is 13.8. The van der Waals surface area contributed by atoms with Crippen LogP contribution in [0.1, 0.15) is 25.3 Å². The third-order valence-corrected chi connectivity index (χ3v) is 5.48. The van der Waals surface area contributed by atoms with E-state index in [1.807, 2.05) is 0 Å². The van der Waals surface area contributed by atoms with Gasteiger partial charge in [-0.05, 0) is 49.4 Å². The predicted octanol–water partition coefficient (Wildman–Crippen LogP) is 2.67. The van der Waals surface area contributed by atoms with E-state index in [0.29, 0.717) is 29.7 Å². The van der Waals surface area contributed by atoms with E-state index < -0.39 is 10.0 Å². The Morgan fingerprint density at radius 2 is 2.13 bits per heavy atom. The van der Waals surface area contributed by atoms with Gasteiger partial charge in [0.25, 0.3) is 0 Å². The van der Waals surface area contributed by atoms with Gasteiger partial charge in [-0.2, -0.15) is 0 Å². The van der Waals surface area contributed by atoms with Crippen LogP contribution in [0.4, 0.5) is 5.69 Å². The number of hydrogen-bond acceptors (Lipinski definition) is 3. The SMILES string of the molecule is Cc1cc(Cl)ccc1N(CC(=O)N1CCC[C@@H](C)C1)S(C)(=O)=O. The number of likely N-dealkylation sites (tertiary alicyclic amines) is 1. The second-order valence-electron chi connectivity index (χ2n) is 6.29. The lowest BCUT2D eigenvalue weighted by Crippen LogP contribution is -2.46. The molecule has 1 aromatic rings. The normalized spacial score (nSPS) is 18.8. The van der Waals surface area contributed by atoms with Crippen LogP contribution in [0.5, 0.6) is 0 Å². The van der Waals surface area contributed by atoms with Gasteiger partial charge in [-0.25, -0.2) is 8.42 Å². The quantitative estimate of drug-likeness (QED) is 0.831. The average Bonchev–Trinajstić information content (AvgIpc) is 2.44. The minimum atomic E-state index is -3.56. The van der Waals surface area contributed by atoms with Crippen molar-refractivity contribution in [3.8, 4) is 0 Å². The van der Waals surface area contributed by atoms with Crippen LogP contribution in [0.3, 0.4) is 0 Å². The van der Waals surface area contributed by atoms with Gasteiger partial charge in [0.05, 0.1) is 11.9 Å². The van der Waals surface area contributed by atoms with Crippen LogP contribution in [0, 0.1) is 12.8 Å². The molecule has 23 heavy (non-hydrogen) atoms. The number of benzene rings is 1. The highest BCUT2D eigenvalue weighted by molar-refractivity contribution is 7.92. The molecular weight excluding hydrogens is 336 g/mol. The second-order valence-corrected chi connectivity index (χ2v) is 8.63. The lowest BCUT2D eigenvalue weighted by atomic mass is 10.0. The van der Waals surface area contributed by atoms with Crippen molar-refractivity contribution >= 4 is 33.2 Å². The van der Waals surface area contributed by atoms with E-state index in [4.69, 9.17) is 11.6 Å². The van der Waals surface area contributed by atoms with Crippen molar-refractivity contribution in [2.45, 2.75) is 26.7 Å². The zero-order valence-corrected chi connectivity index (χ0v) is 15.3. The van der Waals surface area contributed by atoms with Crippen molar-refractivity contribution in [1.29, 1.82) is 0 Å². The minimum absolute atomic E-state index is 0.156. The number of hydrogen-bond donors (Lipinski definition) is 0. The van der Waals surface area contributed by atoms with Crippen molar-refractivity contribution in [3.63, 3.8) is 0 Å². The smallest absolute Gasteiger partial charge is 0.243 e. The van der Waals surface area contributed by atoms with E-state index in [-0.39, 0.29) is 12.5 Å². The molecule has 1 aromatic carbocycles. The summed E-state index contributed by atoms with van der Waals surface area (Å²) in [6.45, 7) is 5.11. The fraction of sp³-hybridized carbons (Fsp3) is 0.562. The number of carbonyl (C=O) groups is 1. The molecule has 0 radical (unpaired) electrons. The van der Waals surface area contributed by atoms with Crippen molar-refractivity contribution < 1.29 is 13.2 Å². The average molecular weight is 359 g/mol. The monoisotopic (exact) mass is 358 g/mol. The fourth-order valence-electron chi connectivity index (χ4n) is 2.92. The molecule has 1 saturated heterocycles. The van der Waals surface area contributed by atoms with Crippen LogP contribution in [-0.2, 0) is 14.8 Å². The summed E-state index contributed by atoms with van der Waals surface area (Å²) in [5.41, 5.74) is 1.22. The molecule has 0 spiro atoms. The molecule has 1 amide bonds. The van der Waals surface area contributed by atoms with E-state index in [0.717, 1.165) is 24.7 Å². The molecule has 2 rings (SSSR count). The fourth-order valence-corrected chi connectivity index (χ4v) is 4.05. The third-order valence-electron chi connectivity index (χ3n) is 4.12. The lowest BCUT2D eigenvalue weighted by molar-refractivity contribution is -0.131. The van der Waals surface area contributed by atoms with Gasteiger partial charge in [0.1, 0.15) is 6.54 Å². The van der Waals surface area contributed by atoms with E-state index in [1.165, 1.54) is 4.31 Å². The summed E-state index contributed by atoms with van der Waals surface area (Å²) in [6, 6.07) is 4.98. The molecule has 1 aliphatic rings. The number of nitrogens with zero attached hydrogens (tertiary/aromatic N) is 2. The lowest BCUT2D eigenvalue weighted by Gasteiger charge is -2.33. The summed E-state index contributed by atoms with van der Waals surface area (Å²) in [6.07, 6.45) is 3.19. The largest absolute Gasteiger partial charge is 0.341 e. The van der Waals surface area contributed by atoms with Gasteiger partial charge in [0, 0.05) is 18.1 Å². The Labute approximate surface area is 143 Å². The van der Waals surface area contributed by atoms with E-state index in [2.05, 4.69) is 6.92 Å². The number of halogens is 1. The first kappa shape index (κ1) is 18.1. The molecule has 0 aromatic heterocycles. The molecule has 0 aliphatic carbocycles. The Hall–Kier alpha value is -1.27. The maximum absolute atomic E-state index is 12.5. The van der Waals surface area contributed by atoms with E-state index >= 15 is 0 Å². The molecule has 7 heteroatoms. The highest BCUT2D eigenvalue weighted by Crippen LogP contribution is 2.26. The van der Waals surface area contributed by atoms with Crippen LogP contribution in [-0.4, -0.2) is 45.1 Å². The highest BCUT2D eigenvalue weighted by Gasteiger charge is 2.27. The number of anilines is 1. The van der Waals surface area contributed by atoms with Gasteiger partial charge in [0.2, 0.25) is 15.9 Å². The topological polar surface area (TPSA) is 57.7 Å². The molecule has 128 valence electrons. The third kappa shape index (κ3) is 4.61. The highest BCUT2D eigenvalue weighted by atomic mass is 35.5. The number of aryl methyl sites for hydroxylation is 1. The minimum Gasteiger partial charge on any atom is -0.341 e. The van der Waals surface area contributed by atoms with E-state index in [1.54, 1.807) is 30.0 Å². The molecule has 1 heterocycles. The summed E-state index contributed by atoms with van der Waals surface area (Å²) in [5.74, 6) is 0.299. The van der Waals surface area contributed by atoms with Crippen molar-refractivity contribution in [1.82, 2.24) is 4.90 Å². The number of sulfonamides is 1. The van der Waals surface area contributed by atoms with Crippen LogP contribution in [0.2, 0.25) is 5.02 Å². The van der Waals surface area contributed by atoms with Crippen LogP contribution < -0.4 is 4.31 Å². The van der Waals surface area contributed by atoms with Gasteiger partial charge in [-0.3, -0.25) is 9.10 Å². The van der Waals surface area contributed by atoms with Gasteiger partial charge < -0.3 is 4.90 Å². The van der Waals surface area contributed by atoms with Gasteiger partial charge in [-0.1, -0.05) is 18.5 Å². The standard InChI is InChI=1S/C16H23ClN2O3S/c1-12-5-4-8-18(10-12)16(20)11-19(23(3,21)22)15-7-6-14(17)9-13(15)2/h6-7,9,12H,4-5,8,10-11H2,1-3H3/t12-/m1/s1. The molecule has 1 atom stereocenters. The first-order chi connectivity index (χ1) is 10.7. The van der Waals surface area contributed by atoms with Gasteiger partial charge >= 0.3 is 0 Å². The zero-order chi connectivity index (χ0) is 17.2.